The fourth-order valence-electron chi connectivity index (χ4n) is 1.92. The summed E-state index contributed by atoms with van der Waals surface area (Å²) >= 11 is 9.23. The normalized spacial score (nSPS) is 10.6. The van der Waals surface area contributed by atoms with Gasteiger partial charge in [0.15, 0.2) is 0 Å². The Morgan fingerprint density at radius 1 is 1.29 bits per heavy atom. The maximum atomic E-state index is 5.88. The summed E-state index contributed by atoms with van der Waals surface area (Å²) in [7, 11) is 0. The van der Waals surface area contributed by atoms with Crippen LogP contribution in [0.3, 0.4) is 0 Å². The van der Waals surface area contributed by atoms with Crippen molar-refractivity contribution in [1.29, 1.82) is 0 Å². The Labute approximate surface area is 134 Å². The number of aromatic nitrogens is 4. The number of nitrogens with zero attached hydrogens (tertiary/aromatic N) is 3. The summed E-state index contributed by atoms with van der Waals surface area (Å²) in [4.78, 5) is 8.20. The fourth-order valence-corrected chi connectivity index (χ4v) is 2.37. The first-order chi connectivity index (χ1) is 10.2. The highest BCUT2D eigenvalue weighted by atomic mass is 79.9. The number of hydrogen-bond donors (Lipinski definition) is 2. The maximum absolute atomic E-state index is 5.88. The average molecular weight is 365 g/mol. The largest absolute Gasteiger partial charge is 0.380 e. The summed E-state index contributed by atoms with van der Waals surface area (Å²) in [6.45, 7) is 0.622. The van der Waals surface area contributed by atoms with Crippen molar-refractivity contribution in [3.05, 3.63) is 58.2 Å². The third-order valence-corrected chi connectivity index (χ3v) is 4.08. The van der Waals surface area contributed by atoms with Crippen LogP contribution in [-0.4, -0.2) is 20.2 Å². The molecule has 0 aromatic carbocycles. The molecule has 0 amide bonds. The molecule has 0 radical (unpaired) electrons. The van der Waals surface area contributed by atoms with Crippen molar-refractivity contribution in [3.63, 3.8) is 0 Å². The molecule has 0 bridgehead atoms. The quantitative estimate of drug-likeness (QED) is 0.689. The number of halogens is 2. The van der Waals surface area contributed by atoms with E-state index < -0.39 is 0 Å². The molecule has 0 atom stereocenters. The topological polar surface area (TPSA) is 66.5 Å². The molecule has 3 aromatic heterocycles. The van der Waals surface area contributed by atoms with Gasteiger partial charge in [-0.3, -0.25) is 10.1 Å². The third-order valence-electron chi connectivity index (χ3n) is 2.95. The van der Waals surface area contributed by atoms with Crippen LogP contribution < -0.4 is 5.32 Å². The van der Waals surface area contributed by atoms with Crippen molar-refractivity contribution >= 4 is 33.2 Å². The van der Waals surface area contributed by atoms with Crippen LogP contribution in [0.1, 0.15) is 5.56 Å². The molecular formula is C14H11BrClN5. The third kappa shape index (κ3) is 3.22. The minimum atomic E-state index is 0.444. The van der Waals surface area contributed by atoms with E-state index in [2.05, 4.69) is 41.4 Å². The standard InChI is InChI=1S/C14H11BrClN5/c15-12-4-11(8-19-14(12)16)18-6-10-7-20-21-13(10)9-2-1-3-17-5-9/h1-5,7-8,18H,6H2,(H,20,21). The lowest BCUT2D eigenvalue weighted by molar-refractivity contribution is 1.09. The van der Waals surface area contributed by atoms with Crippen LogP contribution in [-0.2, 0) is 6.54 Å². The second-order valence-corrected chi connectivity index (χ2v) is 5.57. The Hall–Kier alpha value is -1.92. The van der Waals surface area contributed by atoms with Crippen molar-refractivity contribution in [2.75, 3.05) is 5.32 Å². The van der Waals surface area contributed by atoms with E-state index in [1.807, 2.05) is 18.2 Å². The molecule has 0 saturated carbocycles. The highest BCUT2D eigenvalue weighted by Gasteiger charge is 2.08. The molecule has 0 saturated heterocycles. The van der Waals surface area contributed by atoms with Crippen molar-refractivity contribution in [3.8, 4) is 11.3 Å². The summed E-state index contributed by atoms with van der Waals surface area (Å²) < 4.78 is 0.758. The Balaban J connectivity index is 1.77. The van der Waals surface area contributed by atoms with Gasteiger partial charge in [0, 0.05) is 30.1 Å². The molecule has 7 heteroatoms. The first-order valence-corrected chi connectivity index (χ1v) is 7.38. The number of H-pyrrole nitrogens is 1. The molecule has 21 heavy (non-hydrogen) atoms. The second-order valence-electron chi connectivity index (χ2n) is 4.36. The van der Waals surface area contributed by atoms with Crippen LogP contribution in [0.4, 0.5) is 5.69 Å². The molecule has 0 fully saturated rings. The Morgan fingerprint density at radius 3 is 2.95 bits per heavy atom. The maximum Gasteiger partial charge on any atom is 0.143 e. The number of anilines is 1. The van der Waals surface area contributed by atoms with Gasteiger partial charge in [-0.2, -0.15) is 5.10 Å². The summed E-state index contributed by atoms with van der Waals surface area (Å²) in [5.74, 6) is 0. The first-order valence-electron chi connectivity index (χ1n) is 6.21. The van der Waals surface area contributed by atoms with Crippen molar-refractivity contribution in [2.45, 2.75) is 6.54 Å². The average Bonchev–Trinajstić information content (AvgIpc) is 2.98. The minimum Gasteiger partial charge on any atom is -0.380 e. The summed E-state index contributed by atoms with van der Waals surface area (Å²) in [5, 5.41) is 10.8. The SMILES string of the molecule is Clc1ncc(NCc2cn[nH]c2-c2cccnc2)cc1Br. The number of rotatable bonds is 4. The number of hydrogen-bond acceptors (Lipinski definition) is 4. The predicted molar refractivity (Wildman–Crippen MR) is 86.1 cm³/mol. The van der Waals surface area contributed by atoms with Gasteiger partial charge in [-0.15, -0.1) is 0 Å². The Morgan fingerprint density at radius 2 is 2.19 bits per heavy atom. The van der Waals surface area contributed by atoms with Crippen LogP contribution in [0, 0.1) is 0 Å². The van der Waals surface area contributed by atoms with E-state index in [9.17, 15) is 0 Å². The molecule has 3 aromatic rings. The molecular weight excluding hydrogens is 354 g/mol. The zero-order valence-electron chi connectivity index (χ0n) is 10.8. The molecule has 0 unspecified atom stereocenters. The zero-order chi connectivity index (χ0) is 14.7. The van der Waals surface area contributed by atoms with Gasteiger partial charge in [0.25, 0.3) is 0 Å². The monoisotopic (exact) mass is 363 g/mol. The van der Waals surface area contributed by atoms with E-state index in [1.54, 1.807) is 24.8 Å². The number of pyridine rings is 2. The minimum absolute atomic E-state index is 0.444. The predicted octanol–water partition coefficient (Wildman–Crippen LogP) is 3.89. The van der Waals surface area contributed by atoms with Gasteiger partial charge >= 0.3 is 0 Å². The lowest BCUT2D eigenvalue weighted by Gasteiger charge is -2.07. The summed E-state index contributed by atoms with van der Waals surface area (Å²) in [6, 6.07) is 5.78. The summed E-state index contributed by atoms with van der Waals surface area (Å²) in [6.07, 6.45) is 7.04. The highest BCUT2D eigenvalue weighted by Crippen LogP contribution is 2.24. The molecule has 5 nitrogen and oxygen atoms in total. The summed E-state index contributed by atoms with van der Waals surface area (Å²) in [5.41, 5.74) is 3.89. The molecule has 0 aliphatic carbocycles. The molecule has 0 aliphatic rings. The molecule has 0 spiro atoms. The van der Waals surface area contributed by atoms with Gasteiger partial charge < -0.3 is 5.32 Å². The molecule has 2 N–H and O–H groups in total. The van der Waals surface area contributed by atoms with Gasteiger partial charge in [-0.05, 0) is 34.1 Å². The van der Waals surface area contributed by atoms with Gasteiger partial charge in [-0.25, -0.2) is 4.98 Å². The van der Waals surface area contributed by atoms with Gasteiger partial charge in [0.1, 0.15) is 5.15 Å². The van der Waals surface area contributed by atoms with Crippen LogP contribution >= 0.6 is 27.5 Å². The van der Waals surface area contributed by atoms with Crippen LogP contribution in [0.2, 0.25) is 5.15 Å². The van der Waals surface area contributed by atoms with Crippen molar-refractivity contribution in [1.82, 2.24) is 20.2 Å². The molecule has 106 valence electrons. The van der Waals surface area contributed by atoms with Crippen LogP contribution in [0.5, 0.6) is 0 Å². The zero-order valence-corrected chi connectivity index (χ0v) is 13.2. The van der Waals surface area contributed by atoms with E-state index in [0.29, 0.717) is 11.7 Å². The Bertz CT molecular complexity index is 744. The highest BCUT2D eigenvalue weighted by molar-refractivity contribution is 9.10. The smallest absolute Gasteiger partial charge is 0.143 e. The van der Waals surface area contributed by atoms with Gasteiger partial charge in [0.2, 0.25) is 0 Å². The van der Waals surface area contributed by atoms with Gasteiger partial charge in [0.05, 0.1) is 28.2 Å². The molecule has 0 aliphatic heterocycles. The number of nitrogens with one attached hydrogen (secondary N) is 2. The second kappa shape index (κ2) is 6.24. The van der Waals surface area contributed by atoms with E-state index in [4.69, 9.17) is 11.6 Å². The van der Waals surface area contributed by atoms with Gasteiger partial charge in [-0.1, -0.05) is 11.6 Å². The Kier molecular flexibility index (Phi) is 4.17. The van der Waals surface area contributed by atoms with E-state index in [0.717, 1.165) is 27.0 Å². The van der Waals surface area contributed by atoms with Crippen molar-refractivity contribution in [2.24, 2.45) is 0 Å². The van der Waals surface area contributed by atoms with Crippen molar-refractivity contribution < 1.29 is 0 Å². The lowest BCUT2D eigenvalue weighted by Crippen LogP contribution is -2.00. The lowest BCUT2D eigenvalue weighted by atomic mass is 10.1. The van der Waals surface area contributed by atoms with E-state index >= 15 is 0 Å². The van der Waals surface area contributed by atoms with E-state index in [-0.39, 0.29) is 0 Å². The van der Waals surface area contributed by atoms with Crippen LogP contribution in [0.25, 0.3) is 11.3 Å². The fraction of sp³-hybridized carbons (Fsp3) is 0.0714. The molecule has 3 rings (SSSR count). The number of aromatic amines is 1. The van der Waals surface area contributed by atoms with Crippen LogP contribution in [0.15, 0.2) is 47.5 Å². The first kappa shape index (κ1) is 14.0. The van der Waals surface area contributed by atoms with E-state index in [1.165, 1.54) is 0 Å². The molecule has 3 heterocycles.